The number of nitrogens with one attached hydrogen (secondary N) is 1. The van der Waals surface area contributed by atoms with E-state index in [0.717, 1.165) is 45.3 Å². The smallest absolute Gasteiger partial charge is 0.335 e. The third-order valence-corrected chi connectivity index (χ3v) is 7.41. The molecule has 0 fully saturated rings. The highest BCUT2D eigenvalue weighted by molar-refractivity contribution is 6.66. The fourth-order valence-electron chi connectivity index (χ4n) is 2.44. The van der Waals surface area contributed by atoms with Gasteiger partial charge in [-0.25, -0.2) is 0 Å². The van der Waals surface area contributed by atoms with Crippen LogP contribution in [0.15, 0.2) is 0 Å². The standard InChI is InChI=1S/C17H41N3O2Si/c1-7-11-18-12-9-14-20(15-10-13-19(3)8-2)16-17-23(6,21-4)22-5/h18H,7-17H2,1-6H3. The molecule has 0 radical (unpaired) electrons. The summed E-state index contributed by atoms with van der Waals surface area (Å²) in [6.45, 7) is 14.5. The molecule has 0 aliphatic carbocycles. The number of hydrogen-bond donors (Lipinski definition) is 1. The third-order valence-electron chi connectivity index (χ3n) is 4.55. The van der Waals surface area contributed by atoms with Crippen molar-refractivity contribution in [3.05, 3.63) is 0 Å². The first-order valence-corrected chi connectivity index (χ1v) is 11.8. The first-order chi connectivity index (χ1) is 11.0. The SMILES string of the molecule is CCCNCCCN(CCCN(C)CC)CC[Si](C)(OC)OC. The summed E-state index contributed by atoms with van der Waals surface area (Å²) in [7, 11) is 3.80. The zero-order chi connectivity index (χ0) is 17.6. The fraction of sp³-hybridized carbons (Fsp3) is 1.00. The van der Waals surface area contributed by atoms with Gasteiger partial charge in [0.1, 0.15) is 0 Å². The Morgan fingerprint density at radius 2 is 1.57 bits per heavy atom. The van der Waals surface area contributed by atoms with Crippen LogP contribution in [0.4, 0.5) is 0 Å². The van der Waals surface area contributed by atoms with Crippen LogP contribution in [0.25, 0.3) is 0 Å². The topological polar surface area (TPSA) is 37.0 Å². The summed E-state index contributed by atoms with van der Waals surface area (Å²) in [5.41, 5.74) is 0. The molecule has 0 atom stereocenters. The lowest BCUT2D eigenvalue weighted by atomic mass is 10.3. The van der Waals surface area contributed by atoms with Crippen molar-refractivity contribution in [1.82, 2.24) is 15.1 Å². The Kier molecular flexibility index (Phi) is 14.4. The van der Waals surface area contributed by atoms with Crippen molar-refractivity contribution in [2.24, 2.45) is 0 Å². The summed E-state index contributed by atoms with van der Waals surface area (Å²) in [4.78, 5) is 4.96. The second-order valence-electron chi connectivity index (χ2n) is 6.49. The molecule has 0 rings (SSSR count). The molecule has 0 bridgehead atoms. The zero-order valence-electron chi connectivity index (χ0n) is 16.5. The summed E-state index contributed by atoms with van der Waals surface area (Å²) >= 11 is 0. The highest BCUT2D eigenvalue weighted by Crippen LogP contribution is 2.12. The van der Waals surface area contributed by atoms with Gasteiger partial charge in [0.05, 0.1) is 0 Å². The maximum absolute atomic E-state index is 5.62. The zero-order valence-corrected chi connectivity index (χ0v) is 17.5. The first-order valence-electron chi connectivity index (χ1n) is 9.23. The quantitative estimate of drug-likeness (QED) is 0.343. The van der Waals surface area contributed by atoms with E-state index in [0.29, 0.717) is 0 Å². The van der Waals surface area contributed by atoms with Crippen molar-refractivity contribution in [1.29, 1.82) is 0 Å². The molecule has 0 aromatic carbocycles. The van der Waals surface area contributed by atoms with E-state index in [2.05, 4.69) is 42.6 Å². The van der Waals surface area contributed by atoms with Crippen molar-refractivity contribution in [2.75, 3.05) is 67.1 Å². The van der Waals surface area contributed by atoms with E-state index in [1.54, 1.807) is 14.2 Å². The average molecular weight is 348 g/mol. The van der Waals surface area contributed by atoms with E-state index in [-0.39, 0.29) is 0 Å². The number of rotatable bonds is 16. The van der Waals surface area contributed by atoms with Crippen LogP contribution in [0.2, 0.25) is 12.6 Å². The second-order valence-corrected chi connectivity index (χ2v) is 10.1. The van der Waals surface area contributed by atoms with Crippen LogP contribution in [0.1, 0.15) is 33.1 Å². The van der Waals surface area contributed by atoms with E-state index >= 15 is 0 Å². The molecular formula is C17H41N3O2Si. The summed E-state index contributed by atoms with van der Waals surface area (Å²) in [5.74, 6) is 0. The Morgan fingerprint density at radius 1 is 0.913 bits per heavy atom. The van der Waals surface area contributed by atoms with Crippen LogP contribution in [-0.2, 0) is 8.85 Å². The Bertz CT molecular complexity index is 266. The number of hydrogen-bond acceptors (Lipinski definition) is 5. The lowest BCUT2D eigenvalue weighted by molar-refractivity contribution is 0.222. The maximum atomic E-state index is 5.62. The molecule has 0 aliphatic heterocycles. The average Bonchev–Trinajstić information content (AvgIpc) is 2.58. The Labute approximate surface area is 146 Å². The Hall–Kier alpha value is 0.0169. The van der Waals surface area contributed by atoms with Crippen molar-refractivity contribution in [3.63, 3.8) is 0 Å². The summed E-state index contributed by atoms with van der Waals surface area (Å²) in [6, 6.07) is 1.03. The molecule has 23 heavy (non-hydrogen) atoms. The predicted octanol–water partition coefficient (Wildman–Crippen LogP) is 2.38. The summed E-state index contributed by atoms with van der Waals surface area (Å²) in [5, 5.41) is 3.49. The molecule has 6 heteroatoms. The second kappa shape index (κ2) is 14.4. The van der Waals surface area contributed by atoms with E-state index in [1.807, 2.05) is 0 Å². The summed E-state index contributed by atoms with van der Waals surface area (Å²) in [6.07, 6.45) is 3.64. The molecule has 0 aromatic heterocycles. The molecule has 1 N–H and O–H groups in total. The van der Waals surface area contributed by atoms with Crippen LogP contribution in [-0.4, -0.2) is 85.4 Å². The molecule has 0 spiro atoms. The Morgan fingerprint density at radius 3 is 2.13 bits per heavy atom. The molecule has 0 amide bonds. The van der Waals surface area contributed by atoms with E-state index < -0.39 is 8.56 Å². The van der Waals surface area contributed by atoms with Crippen LogP contribution >= 0.6 is 0 Å². The van der Waals surface area contributed by atoms with Gasteiger partial charge in [0, 0.05) is 26.8 Å². The maximum Gasteiger partial charge on any atom is 0.335 e. The minimum atomic E-state index is -1.96. The van der Waals surface area contributed by atoms with Crippen LogP contribution in [0, 0.1) is 0 Å². The summed E-state index contributed by atoms with van der Waals surface area (Å²) < 4.78 is 11.2. The third kappa shape index (κ3) is 12.1. The van der Waals surface area contributed by atoms with Gasteiger partial charge in [-0.05, 0) is 72.1 Å². The molecule has 0 heterocycles. The molecule has 0 unspecified atom stereocenters. The molecule has 5 nitrogen and oxygen atoms in total. The minimum absolute atomic E-state index is 1.03. The number of nitrogens with zero attached hydrogens (tertiary/aromatic N) is 2. The normalized spacial score (nSPS) is 12.5. The molecule has 140 valence electrons. The van der Waals surface area contributed by atoms with Gasteiger partial charge in [0.2, 0.25) is 0 Å². The lowest BCUT2D eigenvalue weighted by Gasteiger charge is -2.28. The van der Waals surface area contributed by atoms with Crippen molar-refractivity contribution < 1.29 is 8.85 Å². The van der Waals surface area contributed by atoms with Gasteiger partial charge >= 0.3 is 8.56 Å². The highest BCUT2D eigenvalue weighted by Gasteiger charge is 2.28. The van der Waals surface area contributed by atoms with Gasteiger partial charge in [0.25, 0.3) is 0 Å². The van der Waals surface area contributed by atoms with Gasteiger partial charge in [-0.15, -0.1) is 0 Å². The van der Waals surface area contributed by atoms with Gasteiger partial charge < -0.3 is 24.0 Å². The molecule has 0 aliphatic rings. The van der Waals surface area contributed by atoms with Gasteiger partial charge in [-0.2, -0.15) is 0 Å². The first kappa shape index (κ1) is 23.0. The predicted molar refractivity (Wildman–Crippen MR) is 102 cm³/mol. The monoisotopic (exact) mass is 347 g/mol. The fourth-order valence-corrected chi connectivity index (χ4v) is 3.73. The largest absolute Gasteiger partial charge is 0.398 e. The van der Waals surface area contributed by atoms with Gasteiger partial charge in [-0.3, -0.25) is 0 Å². The van der Waals surface area contributed by atoms with Gasteiger partial charge in [-0.1, -0.05) is 13.8 Å². The molecule has 0 saturated carbocycles. The van der Waals surface area contributed by atoms with E-state index in [9.17, 15) is 0 Å². The van der Waals surface area contributed by atoms with Crippen LogP contribution < -0.4 is 5.32 Å². The van der Waals surface area contributed by atoms with Crippen molar-refractivity contribution in [3.8, 4) is 0 Å². The van der Waals surface area contributed by atoms with Crippen LogP contribution in [0.5, 0.6) is 0 Å². The van der Waals surface area contributed by atoms with E-state index in [4.69, 9.17) is 8.85 Å². The lowest BCUT2D eigenvalue weighted by Crippen LogP contribution is -2.41. The Balaban J connectivity index is 4.19. The van der Waals surface area contributed by atoms with E-state index in [1.165, 1.54) is 25.8 Å². The molecule has 0 saturated heterocycles. The molecule has 0 aromatic rings. The minimum Gasteiger partial charge on any atom is -0.398 e. The van der Waals surface area contributed by atoms with Crippen LogP contribution in [0.3, 0.4) is 0 Å². The van der Waals surface area contributed by atoms with Gasteiger partial charge in [0.15, 0.2) is 0 Å². The molecular weight excluding hydrogens is 306 g/mol. The van der Waals surface area contributed by atoms with Crippen molar-refractivity contribution >= 4 is 8.56 Å². The van der Waals surface area contributed by atoms with Crippen molar-refractivity contribution in [2.45, 2.75) is 45.7 Å². The highest BCUT2D eigenvalue weighted by atomic mass is 28.4.